The topological polar surface area (TPSA) is 112 Å². The van der Waals surface area contributed by atoms with Gasteiger partial charge in [0, 0.05) is 25.1 Å². The number of hydrogen-bond donors (Lipinski definition) is 0. The van der Waals surface area contributed by atoms with E-state index in [9.17, 15) is 4.79 Å². The van der Waals surface area contributed by atoms with Crippen LogP contribution in [0.5, 0.6) is 0 Å². The van der Waals surface area contributed by atoms with Gasteiger partial charge in [-0.15, -0.1) is 5.10 Å². The number of morpholine rings is 1. The second-order valence-corrected chi connectivity index (χ2v) is 6.69. The van der Waals surface area contributed by atoms with Crippen LogP contribution in [-0.2, 0) is 16.1 Å². The van der Waals surface area contributed by atoms with Gasteiger partial charge in [0.25, 0.3) is 5.89 Å². The number of carbonyl (C=O) groups excluding carboxylic acids is 1. The standard InChI is InChI=1S/C19H18N6O4/c26-17(24-6-9-27-10-7-24)3-5-25-16-2-1-13(11-15(16)21-23-25)18-20-19(29-22-18)14-4-8-28-12-14/h1-2,4,8,11-12H,3,5-7,9-10H2. The quantitative estimate of drug-likeness (QED) is 0.505. The minimum Gasteiger partial charge on any atom is -0.472 e. The molecule has 1 aliphatic rings. The predicted molar refractivity (Wildman–Crippen MR) is 101 cm³/mol. The number of rotatable bonds is 5. The zero-order valence-electron chi connectivity index (χ0n) is 15.5. The molecule has 10 nitrogen and oxygen atoms in total. The van der Waals surface area contributed by atoms with Crippen molar-refractivity contribution in [1.29, 1.82) is 0 Å². The molecule has 4 heterocycles. The van der Waals surface area contributed by atoms with Crippen LogP contribution in [0.3, 0.4) is 0 Å². The Labute approximate surface area is 165 Å². The number of ether oxygens (including phenoxy) is 1. The highest BCUT2D eigenvalue weighted by molar-refractivity contribution is 5.80. The van der Waals surface area contributed by atoms with Gasteiger partial charge in [0.15, 0.2) is 0 Å². The first-order valence-corrected chi connectivity index (χ1v) is 9.33. The summed E-state index contributed by atoms with van der Waals surface area (Å²) in [7, 11) is 0. The largest absolute Gasteiger partial charge is 0.472 e. The summed E-state index contributed by atoms with van der Waals surface area (Å²) in [6.07, 6.45) is 3.47. The van der Waals surface area contributed by atoms with Crippen LogP contribution in [-0.4, -0.2) is 62.2 Å². The molecule has 1 amide bonds. The van der Waals surface area contributed by atoms with E-state index in [1.165, 1.54) is 0 Å². The summed E-state index contributed by atoms with van der Waals surface area (Å²) in [4.78, 5) is 18.6. The van der Waals surface area contributed by atoms with Crippen molar-refractivity contribution >= 4 is 16.9 Å². The Hall–Kier alpha value is -3.53. The lowest BCUT2D eigenvalue weighted by molar-refractivity contribution is -0.135. The summed E-state index contributed by atoms with van der Waals surface area (Å²) < 4.78 is 17.4. The number of nitrogens with zero attached hydrogens (tertiary/aromatic N) is 6. The molecule has 0 radical (unpaired) electrons. The van der Waals surface area contributed by atoms with Crippen LogP contribution in [0.2, 0.25) is 0 Å². The monoisotopic (exact) mass is 394 g/mol. The molecule has 0 atom stereocenters. The number of hydrogen-bond acceptors (Lipinski definition) is 8. The molecule has 10 heteroatoms. The van der Waals surface area contributed by atoms with Gasteiger partial charge >= 0.3 is 0 Å². The van der Waals surface area contributed by atoms with E-state index in [1.807, 2.05) is 23.1 Å². The average molecular weight is 394 g/mol. The van der Waals surface area contributed by atoms with Crippen LogP contribution >= 0.6 is 0 Å². The first-order valence-electron chi connectivity index (χ1n) is 9.33. The lowest BCUT2D eigenvalue weighted by Gasteiger charge is -2.26. The molecule has 0 saturated carbocycles. The summed E-state index contributed by atoms with van der Waals surface area (Å²) in [5, 5.41) is 12.4. The Morgan fingerprint density at radius 1 is 1.14 bits per heavy atom. The molecule has 0 spiro atoms. The van der Waals surface area contributed by atoms with Crippen LogP contribution < -0.4 is 0 Å². The molecular formula is C19H18N6O4. The van der Waals surface area contributed by atoms with Crippen LogP contribution in [0.15, 0.2) is 45.7 Å². The highest BCUT2D eigenvalue weighted by atomic mass is 16.5. The third-order valence-electron chi connectivity index (χ3n) is 4.87. The first-order chi connectivity index (χ1) is 14.3. The molecule has 1 aromatic carbocycles. The number of amides is 1. The fraction of sp³-hybridized carbons (Fsp3) is 0.316. The van der Waals surface area contributed by atoms with Gasteiger partial charge in [-0.1, -0.05) is 10.4 Å². The molecule has 148 valence electrons. The van der Waals surface area contributed by atoms with E-state index in [0.717, 1.165) is 16.6 Å². The molecule has 1 fully saturated rings. The van der Waals surface area contributed by atoms with Crippen molar-refractivity contribution in [3.8, 4) is 22.8 Å². The second-order valence-electron chi connectivity index (χ2n) is 6.69. The summed E-state index contributed by atoms with van der Waals surface area (Å²) in [5.74, 6) is 0.950. The fourth-order valence-corrected chi connectivity index (χ4v) is 3.29. The summed E-state index contributed by atoms with van der Waals surface area (Å²) in [6.45, 7) is 2.95. The minimum absolute atomic E-state index is 0.104. The number of furan rings is 1. The zero-order valence-corrected chi connectivity index (χ0v) is 15.5. The van der Waals surface area contributed by atoms with Gasteiger partial charge in [-0.2, -0.15) is 4.98 Å². The molecule has 5 rings (SSSR count). The molecule has 4 aromatic rings. The summed E-state index contributed by atoms with van der Waals surface area (Å²) in [5.41, 5.74) is 3.05. The lowest BCUT2D eigenvalue weighted by Crippen LogP contribution is -2.41. The highest BCUT2D eigenvalue weighted by Crippen LogP contribution is 2.24. The van der Waals surface area contributed by atoms with E-state index in [2.05, 4.69) is 20.5 Å². The van der Waals surface area contributed by atoms with E-state index in [4.69, 9.17) is 13.7 Å². The van der Waals surface area contributed by atoms with Crippen LogP contribution in [0.25, 0.3) is 33.9 Å². The second kappa shape index (κ2) is 7.47. The zero-order chi connectivity index (χ0) is 19.6. The first kappa shape index (κ1) is 17.6. The maximum Gasteiger partial charge on any atom is 0.261 e. The average Bonchev–Trinajstić information content (AvgIpc) is 3.52. The van der Waals surface area contributed by atoms with E-state index < -0.39 is 0 Å². The molecular weight excluding hydrogens is 376 g/mol. The van der Waals surface area contributed by atoms with Crippen molar-refractivity contribution in [1.82, 2.24) is 30.0 Å². The van der Waals surface area contributed by atoms with Gasteiger partial charge in [-0.25, -0.2) is 4.68 Å². The Kier molecular flexibility index (Phi) is 4.53. The number of aryl methyl sites for hydroxylation is 1. The Balaban J connectivity index is 1.31. The molecule has 1 aliphatic heterocycles. The Bertz CT molecular complexity index is 1130. The van der Waals surface area contributed by atoms with Crippen molar-refractivity contribution in [2.24, 2.45) is 0 Å². The van der Waals surface area contributed by atoms with Crippen LogP contribution in [0.1, 0.15) is 6.42 Å². The molecule has 3 aromatic heterocycles. The third kappa shape index (κ3) is 3.49. The number of fused-ring (bicyclic) bond motifs is 1. The van der Waals surface area contributed by atoms with Crippen molar-refractivity contribution in [2.45, 2.75) is 13.0 Å². The number of aromatic nitrogens is 5. The summed E-state index contributed by atoms with van der Waals surface area (Å²) >= 11 is 0. The van der Waals surface area contributed by atoms with E-state index in [1.54, 1.807) is 23.3 Å². The highest BCUT2D eigenvalue weighted by Gasteiger charge is 2.18. The maximum absolute atomic E-state index is 12.3. The normalized spacial score (nSPS) is 14.6. The molecule has 1 saturated heterocycles. The van der Waals surface area contributed by atoms with Crippen molar-refractivity contribution in [3.05, 3.63) is 36.8 Å². The molecule has 0 aliphatic carbocycles. The van der Waals surface area contributed by atoms with Gasteiger partial charge in [-0.3, -0.25) is 4.79 Å². The van der Waals surface area contributed by atoms with Crippen molar-refractivity contribution in [2.75, 3.05) is 26.3 Å². The van der Waals surface area contributed by atoms with Crippen LogP contribution in [0, 0.1) is 0 Å². The van der Waals surface area contributed by atoms with Gasteiger partial charge < -0.3 is 18.6 Å². The lowest BCUT2D eigenvalue weighted by atomic mass is 10.2. The summed E-state index contributed by atoms with van der Waals surface area (Å²) in [6, 6.07) is 7.39. The maximum atomic E-state index is 12.3. The van der Waals surface area contributed by atoms with E-state index >= 15 is 0 Å². The Morgan fingerprint density at radius 3 is 2.86 bits per heavy atom. The molecule has 0 bridgehead atoms. The van der Waals surface area contributed by atoms with E-state index in [0.29, 0.717) is 56.5 Å². The molecule has 29 heavy (non-hydrogen) atoms. The predicted octanol–water partition coefficient (Wildman–Crippen LogP) is 1.99. The SMILES string of the molecule is O=C(CCn1nnc2cc(-c3noc(-c4ccoc4)n3)ccc21)N1CCOCC1. The minimum atomic E-state index is 0.104. The molecule has 0 N–H and O–H groups in total. The van der Waals surface area contributed by atoms with Gasteiger partial charge in [-0.05, 0) is 24.3 Å². The Morgan fingerprint density at radius 2 is 2.03 bits per heavy atom. The van der Waals surface area contributed by atoms with E-state index in [-0.39, 0.29) is 5.91 Å². The van der Waals surface area contributed by atoms with Crippen molar-refractivity contribution in [3.63, 3.8) is 0 Å². The fourth-order valence-electron chi connectivity index (χ4n) is 3.29. The third-order valence-corrected chi connectivity index (χ3v) is 4.87. The van der Waals surface area contributed by atoms with Gasteiger partial charge in [0.05, 0.1) is 37.1 Å². The number of carbonyl (C=O) groups is 1. The van der Waals surface area contributed by atoms with Gasteiger partial charge in [0.2, 0.25) is 11.7 Å². The number of benzene rings is 1. The molecule has 0 unspecified atom stereocenters. The van der Waals surface area contributed by atoms with Gasteiger partial charge in [0.1, 0.15) is 11.8 Å². The van der Waals surface area contributed by atoms with Crippen molar-refractivity contribution < 1.29 is 18.5 Å². The van der Waals surface area contributed by atoms with Crippen LogP contribution in [0.4, 0.5) is 0 Å². The smallest absolute Gasteiger partial charge is 0.261 e.